The second kappa shape index (κ2) is 8.21. The van der Waals surface area contributed by atoms with Gasteiger partial charge in [0.25, 0.3) is 0 Å². The molecule has 27 heavy (non-hydrogen) atoms. The van der Waals surface area contributed by atoms with Crippen molar-refractivity contribution < 1.29 is 14.3 Å². The normalized spacial score (nSPS) is 29.0. The highest BCUT2D eigenvalue weighted by Gasteiger charge is 2.39. The molecule has 4 rings (SSSR count). The van der Waals surface area contributed by atoms with Gasteiger partial charge in [0.2, 0.25) is 11.8 Å². The molecule has 2 amide bonds. The van der Waals surface area contributed by atoms with Crippen LogP contribution in [0.5, 0.6) is 0 Å². The number of rotatable bonds is 3. The standard InChI is InChI=1S/C19H27N5O3/c25-18(22-10-12-27-13-11-22)16-5-1-2-6-17(16)19(26)23-8-3-4-15(14-23)24-9-7-20-21-24/h1-2,7,9,15-17H,3-6,8,10-14H2. The Morgan fingerprint density at radius 3 is 2.33 bits per heavy atom. The molecule has 1 aromatic rings. The highest BCUT2D eigenvalue weighted by Crippen LogP contribution is 2.31. The van der Waals surface area contributed by atoms with Crippen molar-refractivity contribution in [2.45, 2.75) is 31.7 Å². The largest absolute Gasteiger partial charge is 0.378 e. The molecule has 2 saturated heterocycles. The number of allylic oxidation sites excluding steroid dienone is 2. The molecule has 0 saturated carbocycles. The number of morpholine rings is 1. The van der Waals surface area contributed by atoms with E-state index in [1.54, 1.807) is 6.20 Å². The van der Waals surface area contributed by atoms with Gasteiger partial charge in [-0.05, 0) is 25.7 Å². The molecule has 0 N–H and O–H groups in total. The van der Waals surface area contributed by atoms with Gasteiger partial charge in [-0.15, -0.1) is 5.10 Å². The summed E-state index contributed by atoms with van der Waals surface area (Å²) in [4.78, 5) is 30.2. The summed E-state index contributed by atoms with van der Waals surface area (Å²) in [6.07, 6.45) is 10.8. The van der Waals surface area contributed by atoms with E-state index in [9.17, 15) is 9.59 Å². The first-order chi connectivity index (χ1) is 13.2. The van der Waals surface area contributed by atoms with Crippen molar-refractivity contribution in [2.24, 2.45) is 11.8 Å². The lowest BCUT2D eigenvalue weighted by molar-refractivity contribution is -0.149. The summed E-state index contributed by atoms with van der Waals surface area (Å²) in [5.74, 6) is -0.311. The zero-order valence-corrected chi connectivity index (χ0v) is 15.6. The zero-order valence-electron chi connectivity index (χ0n) is 15.6. The molecule has 0 bridgehead atoms. The Kier molecular flexibility index (Phi) is 5.52. The van der Waals surface area contributed by atoms with Crippen LogP contribution in [0.1, 0.15) is 31.7 Å². The highest BCUT2D eigenvalue weighted by atomic mass is 16.5. The van der Waals surface area contributed by atoms with Crippen LogP contribution in [-0.2, 0) is 14.3 Å². The third-order valence-corrected chi connectivity index (χ3v) is 5.91. The van der Waals surface area contributed by atoms with E-state index in [0.29, 0.717) is 45.7 Å². The second-order valence-corrected chi connectivity index (χ2v) is 7.56. The van der Waals surface area contributed by atoms with Crippen molar-refractivity contribution in [2.75, 3.05) is 39.4 Å². The lowest BCUT2D eigenvalue weighted by Gasteiger charge is -2.38. The number of hydrogen-bond donors (Lipinski definition) is 0. The molecule has 146 valence electrons. The van der Waals surface area contributed by atoms with Gasteiger partial charge in [0.15, 0.2) is 0 Å². The topological polar surface area (TPSA) is 80.6 Å². The third kappa shape index (κ3) is 3.90. The van der Waals surface area contributed by atoms with Gasteiger partial charge >= 0.3 is 0 Å². The molecule has 0 spiro atoms. The van der Waals surface area contributed by atoms with Crippen molar-refractivity contribution in [1.29, 1.82) is 0 Å². The Labute approximate surface area is 159 Å². The summed E-state index contributed by atoms with van der Waals surface area (Å²) in [6, 6.07) is 0.165. The number of carbonyl (C=O) groups is 2. The van der Waals surface area contributed by atoms with Gasteiger partial charge in [-0.1, -0.05) is 17.4 Å². The summed E-state index contributed by atoms with van der Waals surface area (Å²) < 4.78 is 7.20. The minimum absolute atomic E-state index is 0.103. The van der Waals surface area contributed by atoms with Gasteiger partial charge in [-0.3, -0.25) is 9.59 Å². The molecular formula is C19H27N5O3. The van der Waals surface area contributed by atoms with Crippen LogP contribution in [0.4, 0.5) is 0 Å². The summed E-state index contributed by atoms with van der Waals surface area (Å²) in [6.45, 7) is 3.80. The van der Waals surface area contributed by atoms with Crippen LogP contribution in [0.15, 0.2) is 24.5 Å². The average Bonchev–Trinajstić information content (AvgIpc) is 3.28. The van der Waals surface area contributed by atoms with Crippen LogP contribution < -0.4 is 0 Å². The molecule has 1 aromatic heterocycles. The molecule has 8 heteroatoms. The fourth-order valence-corrected chi connectivity index (χ4v) is 4.40. The van der Waals surface area contributed by atoms with Gasteiger partial charge < -0.3 is 14.5 Å². The molecule has 3 unspecified atom stereocenters. The molecular weight excluding hydrogens is 346 g/mol. The maximum Gasteiger partial charge on any atom is 0.226 e. The van der Waals surface area contributed by atoms with Crippen molar-refractivity contribution in [3.63, 3.8) is 0 Å². The van der Waals surface area contributed by atoms with Gasteiger partial charge in [0.1, 0.15) is 0 Å². The van der Waals surface area contributed by atoms with E-state index in [0.717, 1.165) is 19.4 Å². The number of likely N-dealkylation sites (tertiary alicyclic amines) is 1. The average molecular weight is 373 g/mol. The van der Waals surface area contributed by atoms with E-state index in [1.807, 2.05) is 32.8 Å². The molecule has 3 atom stereocenters. The summed E-state index contributed by atoms with van der Waals surface area (Å²) in [5, 5.41) is 7.98. The van der Waals surface area contributed by atoms with Gasteiger partial charge in [0, 0.05) is 32.4 Å². The van der Waals surface area contributed by atoms with E-state index in [1.165, 1.54) is 0 Å². The highest BCUT2D eigenvalue weighted by molar-refractivity contribution is 5.88. The number of aromatic nitrogens is 3. The van der Waals surface area contributed by atoms with E-state index in [4.69, 9.17) is 4.74 Å². The predicted molar refractivity (Wildman–Crippen MR) is 97.6 cm³/mol. The maximum atomic E-state index is 13.3. The van der Waals surface area contributed by atoms with Gasteiger partial charge in [-0.25, -0.2) is 4.68 Å². The van der Waals surface area contributed by atoms with Crippen molar-refractivity contribution in [3.05, 3.63) is 24.5 Å². The van der Waals surface area contributed by atoms with Crippen molar-refractivity contribution in [3.8, 4) is 0 Å². The van der Waals surface area contributed by atoms with Crippen LogP contribution in [0, 0.1) is 11.8 Å². The molecule has 2 fully saturated rings. The fraction of sp³-hybridized carbons (Fsp3) is 0.684. The first kappa shape index (κ1) is 18.2. The summed E-state index contributed by atoms with van der Waals surface area (Å²) in [7, 11) is 0. The number of carbonyl (C=O) groups excluding carboxylic acids is 2. The first-order valence-electron chi connectivity index (χ1n) is 9.90. The quantitative estimate of drug-likeness (QED) is 0.735. The number of hydrogen-bond acceptors (Lipinski definition) is 5. The monoisotopic (exact) mass is 373 g/mol. The Bertz CT molecular complexity index is 684. The molecule has 2 aliphatic heterocycles. The van der Waals surface area contributed by atoms with E-state index in [-0.39, 0.29) is 29.7 Å². The first-order valence-corrected chi connectivity index (χ1v) is 9.90. The van der Waals surface area contributed by atoms with Crippen LogP contribution in [0.25, 0.3) is 0 Å². The SMILES string of the molecule is O=C(C1CC=CCC1C(=O)N1CCCC(n2ccnn2)C1)N1CCOCC1. The Balaban J connectivity index is 1.45. The number of amides is 2. The Morgan fingerprint density at radius 1 is 0.963 bits per heavy atom. The zero-order chi connectivity index (χ0) is 18.6. The van der Waals surface area contributed by atoms with E-state index in [2.05, 4.69) is 10.3 Å². The second-order valence-electron chi connectivity index (χ2n) is 7.56. The molecule has 3 aliphatic rings. The molecule has 3 heterocycles. The van der Waals surface area contributed by atoms with Gasteiger partial charge in [0.05, 0.1) is 37.3 Å². The summed E-state index contributed by atoms with van der Waals surface area (Å²) >= 11 is 0. The van der Waals surface area contributed by atoms with Crippen LogP contribution >= 0.6 is 0 Å². The lowest BCUT2D eigenvalue weighted by Crippen LogP contribution is -2.50. The van der Waals surface area contributed by atoms with Crippen molar-refractivity contribution >= 4 is 11.8 Å². The molecule has 1 aliphatic carbocycles. The summed E-state index contributed by atoms with van der Waals surface area (Å²) in [5.41, 5.74) is 0. The number of nitrogens with zero attached hydrogens (tertiary/aromatic N) is 5. The van der Waals surface area contributed by atoms with E-state index >= 15 is 0 Å². The lowest BCUT2D eigenvalue weighted by atomic mass is 9.80. The Hall–Kier alpha value is -2.22. The molecule has 0 aromatic carbocycles. The third-order valence-electron chi connectivity index (χ3n) is 5.91. The van der Waals surface area contributed by atoms with E-state index < -0.39 is 0 Å². The molecule has 0 radical (unpaired) electrons. The maximum absolute atomic E-state index is 13.3. The number of ether oxygens (including phenoxy) is 1. The van der Waals surface area contributed by atoms with Crippen LogP contribution in [0.3, 0.4) is 0 Å². The fourth-order valence-electron chi connectivity index (χ4n) is 4.40. The van der Waals surface area contributed by atoms with Crippen molar-refractivity contribution in [1.82, 2.24) is 24.8 Å². The Morgan fingerprint density at radius 2 is 1.67 bits per heavy atom. The van der Waals surface area contributed by atoms with Gasteiger partial charge in [-0.2, -0.15) is 0 Å². The molecule has 8 nitrogen and oxygen atoms in total. The minimum Gasteiger partial charge on any atom is -0.378 e. The van der Waals surface area contributed by atoms with Crippen LogP contribution in [0.2, 0.25) is 0 Å². The van der Waals surface area contributed by atoms with Crippen LogP contribution in [-0.4, -0.2) is 76.0 Å². The minimum atomic E-state index is -0.264. The smallest absolute Gasteiger partial charge is 0.226 e. The predicted octanol–water partition coefficient (Wildman–Crippen LogP) is 0.883. The number of piperidine rings is 1.